The molecular formula is C16H19ClN2O. The molecule has 1 aromatic carbocycles. The minimum Gasteiger partial charge on any atom is -0.387 e. The molecule has 0 saturated heterocycles. The third-order valence-electron chi connectivity index (χ3n) is 3.27. The summed E-state index contributed by atoms with van der Waals surface area (Å²) in [5.74, 6) is 0. The van der Waals surface area contributed by atoms with Gasteiger partial charge in [0.05, 0.1) is 6.10 Å². The van der Waals surface area contributed by atoms with E-state index in [4.69, 9.17) is 11.6 Å². The van der Waals surface area contributed by atoms with E-state index in [1.54, 1.807) is 24.5 Å². The second-order valence-electron chi connectivity index (χ2n) is 4.94. The van der Waals surface area contributed by atoms with Crippen LogP contribution in [0.15, 0.2) is 48.8 Å². The van der Waals surface area contributed by atoms with Gasteiger partial charge in [0.2, 0.25) is 0 Å². The standard InChI is InChI=1S/C16H19ClN2O/c1-19(11-8-13-6-9-18-10-7-13)12-16(20)14-2-4-15(17)5-3-14/h2-7,9-10,16,20H,8,11-12H2,1H3. The van der Waals surface area contributed by atoms with E-state index < -0.39 is 6.10 Å². The van der Waals surface area contributed by atoms with Crippen molar-refractivity contribution in [3.05, 3.63) is 64.9 Å². The Hall–Kier alpha value is -1.42. The van der Waals surface area contributed by atoms with Crippen LogP contribution < -0.4 is 0 Å². The van der Waals surface area contributed by atoms with Crippen molar-refractivity contribution < 1.29 is 5.11 Å². The number of nitrogens with zero attached hydrogens (tertiary/aromatic N) is 2. The summed E-state index contributed by atoms with van der Waals surface area (Å²) >= 11 is 5.84. The molecule has 0 aliphatic rings. The molecule has 0 saturated carbocycles. The SMILES string of the molecule is CN(CCc1ccncc1)CC(O)c1ccc(Cl)cc1. The monoisotopic (exact) mass is 290 g/mol. The lowest BCUT2D eigenvalue weighted by Gasteiger charge is -2.20. The number of likely N-dealkylation sites (N-methyl/N-ethyl adjacent to an activating group) is 1. The van der Waals surface area contributed by atoms with Crippen LogP contribution in [0.1, 0.15) is 17.2 Å². The predicted molar refractivity (Wildman–Crippen MR) is 81.8 cm³/mol. The number of aliphatic hydroxyl groups is 1. The second-order valence-corrected chi connectivity index (χ2v) is 5.37. The topological polar surface area (TPSA) is 36.4 Å². The van der Waals surface area contributed by atoms with Crippen LogP contribution in [-0.4, -0.2) is 35.1 Å². The molecule has 0 fully saturated rings. The molecule has 1 heterocycles. The van der Waals surface area contributed by atoms with Gasteiger partial charge in [-0.3, -0.25) is 4.98 Å². The third-order valence-corrected chi connectivity index (χ3v) is 3.52. The number of benzene rings is 1. The van der Waals surface area contributed by atoms with Crippen molar-refractivity contribution in [3.8, 4) is 0 Å². The number of aromatic nitrogens is 1. The van der Waals surface area contributed by atoms with Crippen molar-refractivity contribution in [1.29, 1.82) is 0 Å². The normalized spacial score (nSPS) is 12.6. The predicted octanol–water partition coefficient (Wildman–Crippen LogP) is 2.94. The van der Waals surface area contributed by atoms with Crippen LogP contribution in [0.5, 0.6) is 0 Å². The molecule has 1 aromatic heterocycles. The van der Waals surface area contributed by atoms with Crippen LogP contribution in [0, 0.1) is 0 Å². The Morgan fingerprint density at radius 3 is 2.45 bits per heavy atom. The lowest BCUT2D eigenvalue weighted by Crippen LogP contribution is -2.26. The highest BCUT2D eigenvalue weighted by molar-refractivity contribution is 6.30. The molecule has 1 atom stereocenters. The minimum atomic E-state index is -0.491. The van der Waals surface area contributed by atoms with Crippen LogP contribution in [-0.2, 0) is 6.42 Å². The Kier molecular flexibility index (Phi) is 5.53. The summed E-state index contributed by atoms with van der Waals surface area (Å²) in [7, 11) is 2.01. The summed E-state index contributed by atoms with van der Waals surface area (Å²) in [5.41, 5.74) is 2.15. The van der Waals surface area contributed by atoms with Crippen LogP contribution in [0.25, 0.3) is 0 Å². The van der Waals surface area contributed by atoms with Gasteiger partial charge in [-0.05, 0) is 48.9 Å². The van der Waals surface area contributed by atoms with E-state index in [9.17, 15) is 5.11 Å². The van der Waals surface area contributed by atoms with Crippen molar-refractivity contribution in [2.45, 2.75) is 12.5 Å². The van der Waals surface area contributed by atoms with Gasteiger partial charge in [0, 0.05) is 30.5 Å². The highest BCUT2D eigenvalue weighted by atomic mass is 35.5. The molecule has 0 spiro atoms. The van der Waals surface area contributed by atoms with Crippen LogP contribution >= 0.6 is 11.6 Å². The van der Waals surface area contributed by atoms with Gasteiger partial charge in [0.25, 0.3) is 0 Å². The van der Waals surface area contributed by atoms with Crippen molar-refractivity contribution in [2.75, 3.05) is 20.1 Å². The fourth-order valence-electron chi connectivity index (χ4n) is 2.05. The van der Waals surface area contributed by atoms with Gasteiger partial charge < -0.3 is 10.0 Å². The maximum Gasteiger partial charge on any atom is 0.0916 e. The molecule has 1 N–H and O–H groups in total. The average Bonchev–Trinajstić information content (AvgIpc) is 2.47. The second kappa shape index (κ2) is 7.39. The van der Waals surface area contributed by atoms with Crippen molar-refractivity contribution in [2.24, 2.45) is 0 Å². The smallest absolute Gasteiger partial charge is 0.0916 e. The zero-order chi connectivity index (χ0) is 14.4. The van der Waals surface area contributed by atoms with Crippen molar-refractivity contribution in [1.82, 2.24) is 9.88 Å². The fourth-order valence-corrected chi connectivity index (χ4v) is 2.17. The van der Waals surface area contributed by atoms with E-state index in [-0.39, 0.29) is 0 Å². The number of aliphatic hydroxyl groups excluding tert-OH is 1. The first-order chi connectivity index (χ1) is 9.65. The highest BCUT2D eigenvalue weighted by Gasteiger charge is 2.10. The van der Waals surface area contributed by atoms with Crippen LogP contribution in [0.2, 0.25) is 5.02 Å². The quantitative estimate of drug-likeness (QED) is 0.889. The van der Waals surface area contributed by atoms with Gasteiger partial charge in [-0.25, -0.2) is 0 Å². The van der Waals surface area contributed by atoms with Gasteiger partial charge in [-0.2, -0.15) is 0 Å². The van der Waals surface area contributed by atoms with Gasteiger partial charge in [-0.15, -0.1) is 0 Å². The molecule has 1 unspecified atom stereocenters. The van der Waals surface area contributed by atoms with Crippen LogP contribution in [0.4, 0.5) is 0 Å². The lowest BCUT2D eigenvalue weighted by atomic mass is 10.1. The maximum absolute atomic E-state index is 10.2. The summed E-state index contributed by atoms with van der Waals surface area (Å²) in [6.45, 7) is 1.50. The third kappa shape index (κ3) is 4.60. The molecule has 3 nitrogen and oxygen atoms in total. The zero-order valence-electron chi connectivity index (χ0n) is 11.5. The van der Waals surface area contributed by atoms with Crippen molar-refractivity contribution >= 4 is 11.6 Å². The van der Waals surface area contributed by atoms with Crippen molar-refractivity contribution in [3.63, 3.8) is 0 Å². The largest absolute Gasteiger partial charge is 0.387 e. The van der Waals surface area contributed by atoms with Gasteiger partial charge >= 0.3 is 0 Å². The van der Waals surface area contributed by atoms with E-state index in [0.29, 0.717) is 11.6 Å². The first kappa shape index (κ1) is 15.0. The fraction of sp³-hybridized carbons (Fsp3) is 0.312. The minimum absolute atomic E-state index is 0.491. The molecule has 20 heavy (non-hydrogen) atoms. The molecule has 0 bridgehead atoms. The Balaban J connectivity index is 1.82. The van der Waals surface area contributed by atoms with Gasteiger partial charge in [-0.1, -0.05) is 23.7 Å². The van der Waals surface area contributed by atoms with E-state index in [1.807, 2.05) is 31.3 Å². The van der Waals surface area contributed by atoms with Gasteiger partial charge in [0.15, 0.2) is 0 Å². The number of pyridine rings is 1. The summed E-state index contributed by atoms with van der Waals surface area (Å²) in [4.78, 5) is 6.13. The molecule has 2 rings (SSSR count). The summed E-state index contributed by atoms with van der Waals surface area (Å²) in [5, 5.41) is 10.9. The van der Waals surface area contributed by atoms with Gasteiger partial charge in [0.1, 0.15) is 0 Å². The molecule has 0 amide bonds. The summed E-state index contributed by atoms with van der Waals surface area (Å²) in [6.07, 6.45) is 4.07. The molecule has 0 aliphatic heterocycles. The van der Waals surface area contributed by atoms with E-state index in [1.165, 1.54) is 5.56 Å². The molecule has 0 aliphatic carbocycles. The molecule has 4 heteroatoms. The zero-order valence-corrected chi connectivity index (χ0v) is 12.3. The van der Waals surface area contributed by atoms with E-state index in [0.717, 1.165) is 18.5 Å². The Labute approximate surface area is 124 Å². The number of rotatable bonds is 6. The Bertz CT molecular complexity index is 516. The number of hydrogen-bond acceptors (Lipinski definition) is 3. The number of halogens is 1. The molecular weight excluding hydrogens is 272 g/mol. The number of hydrogen-bond donors (Lipinski definition) is 1. The van der Waals surface area contributed by atoms with E-state index >= 15 is 0 Å². The highest BCUT2D eigenvalue weighted by Crippen LogP contribution is 2.17. The first-order valence-electron chi connectivity index (χ1n) is 6.66. The van der Waals surface area contributed by atoms with Crippen LogP contribution in [0.3, 0.4) is 0 Å². The molecule has 2 aromatic rings. The molecule has 0 radical (unpaired) electrons. The molecule has 106 valence electrons. The Morgan fingerprint density at radius 2 is 1.80 bits per heavy atom. The van der Waals surface area contributed by atoms with E-state index in [2.05, 4.69) is 9.88 Å². The first-order valence-corrected chi connectivity index (χ1v) is 7.04. The summed E-state index contributed by atoms with van der Waals surface area (Å²) < 4.78 is 0. The average molecular weight is 291 g/mol. The maximum atomic E-state index is 10.2. The lowest BCUT2D eigenvalue weighted by molar-refractivity contribution is 0.127. The summed E-state index contributed by atoms with van der Waals surface area (Å²) in [6, 6.07) is 11.4. The Morgan fingerprint density at radius 1 is 1.15 bits per heavy atom.